The van der Waals surface area contributed by atoms with Crippen LogP contribution in [0.4, 0.5) is 0 Å². The molecule has 0 aliphatic heterocycles. The maximum Gasteiger partial charge on any atom is 0.276 e. The first-order valence-electron chi connectivity index (χ1n) is 8.68. The number of ether oxygens (including phenoxy) is 3. The molecule has 8 nitrogen and oxygen atoms in total. The molecule has 0 bridgehead atoms. The molecule has 0 radical (unpaired) electrons. The first-order chi connectivity index (χ1) is 13.6. The average molecular weight is 383 g/mol. The van der Waals surface area contributed by atoms with Crippen molar-refractivity contribution in [1.82, 2.24) is 10.9 Å². The fraction of sp³-hybridized carbons (Fsp3) is 0.250. The van der Waals surface area contributed by atoms with Crippen LogP contribution in [0, 0.1) is 11.3 Å². The predicted octanol–water partition coefficient (Wildman–Crippen LogP) is 1.95. The molecule has 0 spiro atoms. The zero-order chi connectivity index (χ0) is 20.2. The molecule has 0 aliphatic carbocycles. The van der Waals surface area contributed by atoms with E-state index in [9.17, 15) is 9.59 Å². The fourth-order valence-corrected chi connectivity index (χ4v) is 2.08. The van der Waals surface area contributed by atoms with E-state index in [2.05, 4.69) is 10.9 Å². The van der Waals surface area contributed by atoms with Gasteiger partial charge in [0, 0.05) is 0 Å². The van der Waals surface area contributed by atoms with Crippen molar-refractivity contribution in [2.24, 2.45) is 0 Å². The molecule has 0 saturated carbocycles. The molecule has 28 heavy (non-hydrogen) atoms. The van der Waals surface area contributed by atoms with Crippen LogP contribution in [0.3, 0.4) is 0 Å². The molecule has 0 atom stereocenters. The normalized spacial score (nSPS) is 9.71. The van der Waals surface area contributed by atoms with Gasteiger partial charge in [-0.05, 0) is 30.7 Å². The standard InChI is InChI=1S/C20H21N3O5/c1-2-11-26-17-9-5-6-10-18(17)28-14-20(25)23-22-19(24)13-27-16-8-4-3-7-15(16)12-21/h3-10H,2,11,13-14H2,1H3,(H,22,24)(H,23,25). The fourth-order valence-electron chi connectivity index (χ4n) is 2.08. The van der Waals surface area contributed by atoms with Gasteiger partial charge in [0.2, 0.25) is 0 Å². The van der Waals surface area contributed by atoms with Gasteiger partial charge in [0.25, 0.3) is 11.8 Å². The molecule has 0 saturated heterocycles. The molecular weight excluding hydrogens is 362 g/mol. The molecule has 146 valence electrons. The van der Waals surface area contributed by atoms with Gasteiger partial charge in [-0.2, -0.15) is 5.26 Å². The number of rotatable bonds is 9. The summed E-state index contributed by atoms with van der Waals surface area (Å²) in [5.74, 6) is 0.155. The van der Waals surface area contributed by atoms with Gasteiger partial charge >= 0.3 is 0 Å². The summed E-state index contributed by atoms with van der Waals surface area (Å²) in [4.78, 5) is 23.6. The van der Waals surface area contributed by atoms with E-state index in [1.165, 1.54) is 0 Å². The zero-order valence-electron chi connectivity index (χ0n) is 15.4. The summed E-state index contributed by atoms with van der Waals surface area (Å²) in [5, 5.41) is 8.97. The highest BCUT2D eigenvalue weighted by atomic mass is 16.5. The summed E-state index contributed by atoms with van der Waals surface area (Å²) in [5.41, 5.74) is 4.76. The molecule has 0 aliphatic rings. The highest BCUT2D eigenvalue weighted by molar-refractivity contribution is 5.83. The van der Waals surface area contributed by atoms with Crippen molar-refractivity contribution in [2.45, 2.75) is 13.3 Å². The summed E-state index contributed by atoms with van der Waals surface area (Å²) in [7, 11) is 0. The van der Waals surface area contributed by atoms with Gasteiger partial charge in [0.15, 0.2) is 24.7 Å². The molecule has 2 aromatic rings. The second-order valence-corrected chi connectivity index (χ2v) is 5.58. The minimum atomic E-state index is -0.576. The number of amides is 2. The minimum absolute atomic E-state index is 0.290. The second-order valence-electron chi connectivity index (χ2n) is 5.58. The third-order valence-corrected chi connectivity index (χ3v) is 3.38. The number of benzene rings is 2. The zero-order valence-corrected chi connectivity index (χ0v) is 15.4. The largest absolute Gasteiger partial charge is 0.490 e. The molecule has 2 aromatic carbocycles. The molecule has 0 heterocycles. The lowest BCUT2D eigenvalue weighted by molar-refractivity contribution is -0.131. The maximum absolute atomic E-state index is 11.8. The lowest BCUT2D eigenvalue weighted by Crippen LogP contribution is -2.45. The first kappa shape index (κ1) is 20.6. The molecule has 2 amide bonds. The summed E-state index contributed by atoms with van der Waals surface area (Å²) >= 11 is 0. The lowest BCUT2D eigenvalue weighted by atomic mass is 10.2. The van der Waals surface area contributed by atoms with E-state index >= 15 is 0 Å². The molecule has 8 heteroatoms. The summed E-state index contributed by atoms with van der Waals surface area (Å²) in [6, 6.07) is 15.5. The van der Waals surface area contributed by atoms with Crippen LogP contribution >= 0.6 is 0 Å². The van der Waals surface area contributed by atoms with Gasteiger partial charge in [0.1, 0.15) is 11.8 Å². The van der Waals surface area contributed by atoms with Gasteiger partial charge in [0.05, 0.1) is 12.2 Å². The van der Waals surface area contributed by atoms with Crippen LogP contribution in [0.1, 0.15) is 18.9 Å². The molecule has 0 fully saturated rings. The quantitative estimate of drug-likeness (QED) is 0.641. The third kappa shape index (κ3) is 6.53. The molecule has 0 unspecified atom stereocenters. The Morgan fingerprint density at radius 3 is 1.93 bits per heavy atom. The van der Waals surface area contributed by atoms with Crippen LogP contribution in [-0.2, 0) is 9.59 Å². The average Bonchev–Trinajstić information content (AvgIpc) is 2.74. The van der Waals surface area contributed by atoms with Crippen molar-refractivity contribution < 1.29 is 23.8 Å². The van der Waals surface area contributed by atoms with E-state index in [1.54, 1.807) is 42.5 Å². The van der Waals surface area contributed by atoms with E-state index in [1.807, 2.05) is 19.1 Å². The Kier molecular flexibility index (Phi) is 8.15. The van der Waals surface area contributed by atoms with E-state index in [0.29, 0.717) is 29.4 Å². The van der Waals surface area contributed by atoms with Crippen LogP contribution in [0.15, 0.2) is 48.5 Å². The number of hydrogen-bond donors (Lipinski definition) is 2. The monoisotopic (exact) mass is 383 g/mol. The number of carbonyl (C=O) groups excluding carboxylic acids is 2. The van der Waals surface area contributed by atoms with Crippen molar-refractivity contribution in [1.29, 1.82) is 5.26 Å². The Morgan fingerprint density at radius 2 is 1.36 bits per heavy atom. The van der Waals surface area contributed by atoms with Crippen LogP contribution in [0.5, 0.6) is 17.2 Å². The third-order valence-electron chi connectivity index (χ3n) is 3.38. The summed E-state index contributed by atoms with van der Waals surface area (Å²) in [6.07, 6.45) is 0.849. The number of para-hydroxylation sites is 3. The number of nitriles is 1. The van der Waals surface area contributed by atoms with Gasteiger partial charge in [-0.15, -0.1) is 0 Å². The van der Waals surface area contributed by atoms with Crippen molar-refractivity contribution in [3.8, 4) is 23.3 Å². The van der Waals surface area contributed by atoms with Gasteiger partial charge in [-0.1, -0.05) is 31.2 Å². The maximum atomic E-state index is 11.8. The Bertz CT molecular complexity index is 848. The van der Waals surface area contributed by atoms with Crippen molar-refractivity contribution >= 4 is 11.8 Å². The molecule has 0 aromatic heterocycles. The van der Waals surface area contributed by atoms with Crippen molar-refractivity contribution in [3.63, 3.8) is 0 Å². The van der Waals surface area contributed by atoms with E-state index in [-0.39, 0.29) is 13.2 Å². The van der Waals surface area contributed by atoms with Crippen LogP contribution in [-0.4, -0.2) is 31.6 Å². The lowest BCUT2D eigenvalue weighted by Gasteiger charge is -2.12. The van der Waals surface area contributed by atoms with Gasteiger partial charge in [-0.25, -0.2) is 0 Å². The topological polar surface area (TPSA) is 110 Å². The van der Waals surface area contributed by atoms with E-state index in [4.69, 9.17) is 19.5 Å². The predicted molar refractivity (Wildman–Crippen MR) is 101 cm³/mol. The van der Waals surface area contributed by atoms with Gasteiger partial charge < -0.3 is 14.2 Å². The number of hydrogen-bond acceptors (Lipinski definition) is 6. The Morgan fingerprint density at radius 1 is 0.857 bits per heavy atom. The highest BCUT2D eigenvalue weighted by Gasteiger charge is 2.10. The molecule has 2 rings (SSSR count). The van der Waals surface area contributed by atoms with Crippen LogP contribution in [0.2, 0.25) is 0 Å². The number of nitrogens with zero attached hydrogens (tertiary/aromatic N) is 1. The number of carbonyl (C=O) groups is 2. The SMILES string of the molecule is CCCOc1ccccc1OCC(=O)NNC(=O)COc1ccccc1C#N. The van der Waals surface area contributed by atoms with E-state index in [0.717, 1.165) is 6.42 Å². The van der Waals surface area contributed by atoms with Gasteiger partial charge in [-0.3, -0.25) is 20.4 Å². The molecular formula is C20H21N3O5. The number of nitrogens with one attached hydrogen (secondary N) is 2. The molecule has 2 N–H and O–H groups in total. The minimum Gasteiger partial charge on any atom is -0.490 e. The first-order valence-corrected chi connectivity index (χ1v) is 8.68. The van der Waals surface area contributed by atoms with Crippen LogP contribution < -0.4 is 25.1 Å². The smallest absolute Gasteiger partial charge is 0.276 e. The Labute approximate surface area is 163 Å². The number of hydrazine groups is 1. The van der Waals surface area contributed by atoms with Crippen LogP contribution in [0.25, 0.3) is 0 Å². The summed E-state index contributed by atoms with van der Waals surface area (Å²) < 4.78 is 16.2. The second kappa shape index (κ2) is 11.1. The Hall–Kier alpha value is -3.73. The highest BCUT2D eigenvalue weighted by Crippen LogP contribution is 2.26. The van der Waals surface area contributed by atoms with Crippen molar-refractivity contribution in [2.75, 3.05) is 19.8 Å². The van der Waals surface area contributed by atoms with Crippen molar-refractivity contribution in [3.05, 3.63) is 54.1 Å². The summed E-state index contributed by atoms with van der Waals surface area (Å²) in [6.45, 7) is 1.87. The Balaban J connectivity index is 1.74. The van der Waals surface area contributed by atoms with E-state index < -0.39 is 11.8 Å².